The van der Waals surface area contributed by atoms with E-state index in [0.29, 0.717) is 0 Å². The molecular formula is C38H28. The molecule has 0 saturated carbocycles. The highest BCUT2D eigenvalue weighted by Gasteiger charge is 2.49. The van der Waals surface area contributed by atoms with Gasteiger partial charge in [-0.3, -0.25) is 0 Å². The molecule has 0 aliphatic heterocycles. The van der Waals surface area contributed by atoms with Crippen LogP contribution in [0.15, 0.2) is 97.1 Å². The van der Waals surface area contributed by atoms with Gasteiger partial charge in [-0.05, 0) is 91.0 Å². The van der Waals surface area contributed by atoms with E-state index in [1.54, 1.807) is 22.3 Å². The first-order valence-corrected chi connectivity index (χ1v) is 14.0. The second kappa shape index (κ2) is 7.23. The molecule has 0 N–H and O–H groups in total. The summed E-state index contributed by atoms with van der Waals surface area (Å²) in [4.78, 5) is 0. The summed E-state index contributed by atoms with van der Waals surface area (Å²) in [5.74, 6) is 1.12. The second-order valence-corrected chi connectivity index (χ2v) is 11.3. The van der Waals surface area contributed by atoms with Gasteiger partial charge in [0.05, 0.1) is 0 Å². The molecule has 0 unspecified atom stereocenters. The zero-order chi connectivity index (χ0) is 25.1. The molecule has 4 bridgehead atoms. The van der Waals surface area contributed by atoms with E-state index in [4.69, 9.17) is 0 Å². The van der Waals surface area contributed by atoms with Crippen molar-refractivity contribution in [1.82, 2.24) is 0 Å². The number of rotatable bonds is 0. The first kappa shape index (κ1) is 20.8. The van der Waals surface area contributed by atoms with Gasteiger partial charge in [0.2, 0.25) is 0 Å². The van der Waals surface area contributed by atoms with E-state index in [1.807, 2.05) is 0 Å². The molecule has 0 heterocycles. The van der Waals surface area contributed by atoms with E-state index in [1.165, 1.54) is 54.9 Å². The molecule has 6 aliphatic rings. The minimum Gasteiger partial charge on any atom is -0.0795 e. The van der Waals surface area contributed by atoms with Gasteiger partial charge in [0, 0.05) is 23.7 Å². The molecule has 0 amide bonds. The molecule has 0 atom stereocenters. The minimum atomic E-state index is 0.277. The predicted octanol–water partition coefficient (Wildman–Crippen LogP) is 7.26. The van der Waals surface area contributed by atoms with Crippen molar-refractivity contribution in [3.05, 3.63) is 174 Å². The largest absolute Gasteiger partial charge is 0.0795 e. The van der Waals surface area contributed by atoms with Crippen molar-refractivity contribution in [3.8, 4) is 0 Å². The van der Waals surface area contributed by atoms with Crippen LogP contribution in [0.25, 0.3) is 12.2 Å². The summed E-state index contributed by atoms with van der Waals surface area (Å²) in [7, 11) is 0. The van der Waals surface area contributed by atoms with Crippen molar-refractivity contribution in [2.75, 3.05) is 0 Å². The lowest BCUT2D eigenvalue weighted by Crippen LogP contribution is -2.46. The van der Waals surface area contributed by atoms with Gasteiger partial charge in [-0.25, -0.2) is 0 Å². The van der Waals surface area contributed by atoms with Crippen molar-refractivity contribution < 1.29 is 0 Å². The molecular weight excluding hydrogens is 456 g/mol. The van der Waals surface area contributed by atoms with Gasteiger partial charge in [0.1, 0.15) is 0 Å². The predicted molar refractivity (Wildman–Crippen MR) is 156 cm³/mol. The van der Waals surface area contributed by atoms with Crippen molar-refractivity contribution in [2.45, 2.75) is 37.5 Å². The fourth-order valence-electron chi connectivity index (χ4n) is 8.80. The maximum atomic E-state index is 2.40. The molecule has 0 heteroatoms. The molecule has 180 valence electrons. The summed E-state index contributed by atoms with van der Waals surface area (Å²) < 4.78 is 0. The molecule has 11 rings (SSSR count). The van der Waals surface area contributed by atoms with Gasteiger partial charge in [-0.2, -0.15) is 0 Å². The molecule has 38 heavy (non-hydrogen) atoms. The van der Waals surface area contributed by atoms with Crippen molar-refractivity contribution in [2.24, 2.45) is 0 Å². The van der Waals surface area contributed by atoms with Gasteiger partial charge < -0.3 is 0 Å². The highest BCUT2D eigenvalue weighted by Crippen LogP contribution is 2.61. The average Bonchev–Trinajstić information content (AvgIpc) is 2.99. The molecule has 0 spiro atoms. The number of hydrogen-bond acceptors (Lipinski definition) is 0. The van der Waals surface area contributed by atoms with Crippen LogP contribution in [0.4, 0.5) is 0 Å². The van der Waals surface area contributed by atoms with E-state index in [9.17, 15) is 0 Å². The minimum absolute atomic E-state index is 0.277. The van der Waals surface area contributed by atoms with E-state index in [2.05, 4.69) is 123 Å². The Labute approximate surface area is 223 Å². The fourth-order valence-corrected chi connectivity index (χ4v) is 8.80. The Balaban J connectivity index is 1.51. The maximum absolute atomic E-state index is 2.40. The third-order valence-electron chi connectivity index (χ3n) is 9.95. The normalized spacial score (nSPS) is 23.3. The third-order valence-corrected chi connectivity index (χ3v) is 9.95. The van der Waals surface area contributed by atoms with Crippen LogP contribution in [0.1, 0.15) is 104 Å². The van der Waals surface area contributed by atoms with E-state index < -0.39 is 0 Å². The molecule has 0 fully saturated rings. The number of hydrogen-bond donors (Lipinski definition) is 0. The Morgan fingerprint density at radius 3 is 0.763 bits per heavy atom. The lowest BCUT2D eigenvalue weighted by Gasteiger charge is -2.49. The van der Waals surface area contributed by atoms with Gasteiger partial charge in [0.25, 0.3) is 0 Å². The summed E-state index contributed by atoms with van der Waals surface area (Å²) in [6.45, 7) is 4.50. The summed E-state index contributed by atoms with van der Waals surface area (Å²) in [6, 6.07) is 37.0. The van der Waals surface area contributed by atoms with Crippen LogP contribution in [-0.4, -0.2) is 0 Å². The Hall–Kier alpha value is -4.16. The topological polar surface area (TPSA) is 0 Å². The molecule has 5 aromatic carbocycles. The Morgan fingerprint density at radius 1 is 0.342 bits per heavy atom. The monoisotopic (exact) mass is 484 g/mol. The zero-order valence-electron chi connectivity index (χ0n) is 21.7. The van der Waals surface area contributed by atoms with Crippen molar-refractivity contribution in [1.29, 1.82) is 0 Å². The first-order chi connectivity index (χ1) is 18.8. The molecule has 6 aliphatic carbocycles. The van der Waals surface area contributed by atoms with Crippen LogP contribution in [0, 0.1) is 0 Å². The molecule has 0 aromatic heterocycles. The lowest BCUT2D eigenvalue weighted by atomic mass is 9.53. The van der Waals surface area contributed by atoms with Crippen LogP contribution >= 0.6 is 0 Å². The molecule has 0 nitrogen and oxygen atoms in total. The zero-order valence-corrected chi connectivity index (χ0v) is 21.7. The van der Waals surface area contributed by atoms with Crippen LogP contribution in [0.2, 0.25) is 0 Å². The number of benzene rings is 5. The highest BCUT2D eigenvalue weighted by atomic mass is 14.5. The van der Waals surface area contributed by atoms with Gasteiger partial charge in [0.15, 0.2) is 0 Å². The highest BCUT2D eigenvalue weighted by molar-refractivity contribution is 5.77. The summed E-state index contributed by atoms with van der Waals surface area (Å²) in [5.41, 5.74) is 18.3. The quantitative estimate of drug-likeness (QED) is 0.212. The van der Waals surface area contributed by atoms with E-state index >= 15 is 0 Å². The Kier molecular flexibility index (Phi) is 3.97. The third kappa shape index (κ3) is 2.26. The molecule has 5 aromatic rings. The van der Waals surface area contributed by atoms with E-state index in [0.717, 1.165) is 0 Å². The van der Waals surface area contributed by atoms with Crippen LogP contribution in [0.5, 0.6) is 0 Å². The fraction of sp³-hybridized carbons (Fsp3) is 0.158. The van der Waals surface area contributed by atoms with Gasteiger partial charge in [-0.1, -0.05) is 109 Å². The summed E-state index contributed by atoms with van der Waals surface area (Å²) in [5, 5.41) is 2.89. The SMILES string of the molecule is CC=c1c2c(c3c(c1=CC)C1c4ccccc4C3c3ccccc31)C1c3ccccc3C2c2ccccc21. The van der Waals surface area contributed by atoms with Crippen LogP contribution in [-0.2, 0) is 0 Å². The summed E-state index contributed by atoms with van der Waals surface area (Å²) in [6.07, 6.45) is 4.81. The smallest absolute Gasteiger partial charge is 0.0355 e. The van der Waals surface area contributed by atoms with Crippen LogP contribution in [0.3, 0.4) is 0 Å². The standard InChI is InChI=1S/C38H28/c1-3-21-22(4-2)36-32-25-15-7-11-19-29(25)34(30-20-12-8-16-26(30)32)38(36)37-33-27-17-9-5-13-23(27)31(35(21)37)24-14-6-10-18-28(24)33/h3-20,31-34H,1-2H3. The Morgan fingerprint density at radius 2 is 0.553 bits per heavy atom. The summed E-state index contributed by atoms with van der Waals surface area (Å²) >= 11 is 0. The van der Waals surface area contributed by atoms with Crippen molar-refractivity contribution in [3.63, 3.8) is 0 Å². The molecule has 0 radical (unpaired) electrons. The van der Waals surface area contributed by atoms with Crippen LogP contribution < -0.4 is 10.4 Å². The van der Waals surface area contributed by atoms with E-state index in [-0.39, 0.29) is 23.7 Å². The molecule has 0 saturated heterocycles. The average molecular weight is 485 g/mol. The Bertz CT molecular complexity index is 1730. The second-order valence-electron chi connectivity index (χ2n) is 11.3. The lowest BCUT2D eigenvalue weighted by molar-refractivity contribution is 0.685. The van der Waals surface area contributed by atoms with Gasteiger partial charge >= 0.3 is 0 Å². The van der Waals surface area contributed by atoms with Crippen molar-refractivity contribution >= 4 is 12.2 Å². The first-order valence-electron chi connectivity index (χ1n) is 14.0. The maximum Gasteiger partial charge on any atom is 0.0355 e. The van der Waals surface area contributed by atoms with Gasteiger partial charge in [-0.15, -0.1) is 0 Å².